The minimum atomic E-state index is -1.12. The van der Waals surface area contributed by atoms with Crippen molar-refractivity contribution in [2.45, 2.75) is 62.9 Å². The molecule has 0 N–H and O–H groups in total. The van der Waals surface area contributed by atoms with E-state index in [1.807, 2.05) is 13.8 Å². The smallest absolute Gasteiger partial charge is 0.0553 e. The van der Waals surface area contributed by atoms with Crippen molar-refractivity contribution in [1.82, 2.24) is 0 Å². The Morgan fingerprint density at radius 1 is 0.889 bits per heavy atom. The zero-order chi connectivity index (χ0) is 14.0. The van der Waals surface area contributed by atoms with Crippen LogP contribution in [0.4, 0.5) is 0 Å². The average molecular weight is 292 g/mol. The molecule has 0 heterocycles. The van der Waals surface area contributed by atoms with Gasteiger partial charge in [-0.3, -0.25) is 0 Å². The predicted octanol–water partition coefficient (Wildman–Crippen LogP) is 0.985. The van der Waals surface area contributed by atoms with Gasteiger partial charge in [0.1, 0.15) is 0 Å². The predicted molar refractivity (Wildman–Crippen MR) is 71.8 cm³/mol. The van der Waals surface area contributed by atoms with E-state index in [0.717, 1.165) is 47.3 Å². The van der Waals surface area contributed by atoms with Gasteiger partial charge in [0, 0.05) is 0 Å². The molecule has 0 saturated heterocycles. The molecule has 4 nitrogen and oxygen atoms in total. The van der Waals surface area contributed by atoms with Crippen LogP contribution in [0.5, 0.6) is 0 Å². The summed E-state index contributed by atoms with van der Waals surface area (Å²) in [5, 5.41) is 20.5. The highest BCUT2D eigenvalue weighted by atomic mass is 33.1. The lowest BCUT2D eigenvalue weighted by Gasteiger charge is -2.21. The molecule has 0 aliphatic heterocycles. The number of carbonyl (C=O) groups is 2. The van der Waals surface area contributed by atoms with Crippen LogP contribution in [0.2, 0.25) is 0 Å². The summed E-state index contributed by atoms with van der Waals surface area (Å²) >= 11 is 0. The van der Waals surface area contributed by atoms with Crippen LogP contribution in [-0.4, -0.2) is 22.4 Å². The third-order valence-corrected chi connectivity index (χ3v) is 5.61. The molecule has 2 atom stereocenters. The van der Waals surface area contributed by atoms with Gasteiger partial charge in [-0.25, -0.2) is 0 Å². The Bertz CT molecular complexity index is 232. The lowest BCUT2D eigenvalue weighted by atomic mass is 10.2. The highest BCUT2D eigenvalue weighted by Gasteiger charge is 2.16. The van der Waals surface area contributed by atoms with E-state index >= 15 is 0 Å². The third-order valence-electron chi connectivity index (χ3n) is 2.45. The molecule has 0 aromatic heterocycles. The van der Waals surface area contributed by atoms with E-state index in [4.69, 9.17) is 0 Å². The van der Waals surface area contributed by atoms with Crippen LogP contribution in [-0.2, 0) is 9.59 Å². The zero-order valence-electron chi connectivity index (χ0n) is 10.8. The highest BCUT2D eigenvalue weighted by molar-refractivity contribution is 8.77. The van der Waals surface area contributed by atoms with E-state index in [1.165, 1.54) is 0 Å². The molecule has 0 aromatic carbocycles. The van der Waals surface area contributed by atoms with Gasteiger partial charge in [-0.1, -0.05) is 61.1 Å². The van der Waals surface area contributed by atoms with E-state index in [0.29, 0.717) is 12.8 Å². The van der Waals surface area contributed by atoms with Gasteiger partial charge in [-0.2, -0.15) is 0 Å². The van der Waals surface area contributed by atoms with E-state index in [9.17, 15) is 19.8 Å². The van der Waals surface area contributed by atoms with Crippen molar-refractivity contribution >= 4 is 33.5 Å². The summed E-state index contributed by atoms with van der Waals surface area (Å²) in [5.41, 5.74) is 0. The SMILES string of the molecule is CCCCC(SSC(CCCC)C(=O)[O-])C(=O)[O-]. The van der Waals surface area contributed by atoms with Gasteiger partial charge >= 0.3 is 0 Å². The second-order valence-corrected chi connectivity index (χ2v) is 6.77. The Morgan fingerprint density at radius 3 is 1.44 bits per heavy atom. The fourth-order valence-electron chi connectivity index (χ4n) is 1.32. The Kier molecular flexibility index (Phi) is 10.3. The molecule has 0 spiro atoms. The van der Waals surface area contributed by atoms with Crippen LogP contribution in [0, 0.1) is 0 Å². The lowest BCUT2D eigenvalue weighted by Crippen LogP contribution is -2.35. The molecular formula is C12H20O4S2-2. The first-order chi connectivity index (χ1) is 8.52. The molecule has 0 fully saturated rings. The molecule has 6 heteroatoms. The number of unbranched alkanes of at least 4 members (excludes halogenated alkanes) is 2. The molecule has 0 rings (SSSR count). The highest BCUT2D eigenvalue weighted by Crippen LogP contribution is 2.35. The van der Waals surface area contributed by atoms with Crippen molar-refractivity contribution in [3.8, 4) is 0 Å². The molecule has 0 saturated carbocycles. The molecule has 0 aliphatic carbocycles. The molecule has 0 aromatic rings. The standard InChI is InChI=1S/C12H22O4S2/c1-3-5-7-9(11(13)14)17-18-10(12(15)16)8-6-4-2/h9-10H,3-8H2,1-2H3,(H,13,14)(H,15,16)/p-2. The number of hydrogen-bond acceptors (Lipinski definition) is 6. The Hall–Kier alpha value is -0.360. The molecule has 2 unspecified atom stereocenters. The first kappa shape index (κ1) is 17.6. The number of carboxylic acids is 2. The number of hydrogen-bond donors (Lipinski definition) is 0. The van der Waals surface area contributed by atoms with Gasteiger partial charge < -0.3 is 19.8 Å². The van der Waals surface area contributed by atoms with E-state index in [1.54, 1.807) is 0 Å². The molecule has 106 valence electrons. The van der Waals surface area contributed by atoms with Gasteiger partial charge in [0.25, 0.3) is 0 Å². The van der Waals surface area contributed by atoms with Gasteiger partial charge in [0.2, 0.25) is 0 Å². The van der Waals surface area contributed by atoms with Crippen molar-refractivity contribution in [2.75, 3.05) is 0 Å². The average Bonchev–Trinajstić information content (AvgIpc) is 2.31. The second kappa shape index (κ2) is 10.6. The number of rotatable bonds is 11. The fourth-order valence-corrected chi connectivity index (χ4v) is 4.13. The number of carbonyl (C=O) groups excluding carboxylic acids is 2. The van der Waals surface area contributed by atoms with Crippen LogP contribution in [0.25, 0.3) is 0 Å². The Balaban J connectivity index is 4.18. The van der Waals surface area contributed by atoms with Gasteiger partial charge in [-0.05, 0) is 12.8 Å². The van der Waals surface area contributed by atoms with E-state index in [2.05, 4.69) is 0 Å². The molecule has 0 amide bonds. The summed E-state index contributed by atoms with van der Waals surface area (Å²) in [6, 6.07) is 0. The summed E-state index contributed by atoms with van der Waals surface area (Å²) in [7, 11) is 2.18. The molecular weight excluding hydrogens is 272 g/mol. The summed E-state index contributed by atoms with van der Waals surface area (Å²) in [5.74, 6) is -2.23. The van der Waals surface area contributed by atoms with E-state index < -0.39 is 22.4 Å². The van der Waals surface area contributed by atoms with Crippen LogP contribution in [0.15, 0.2) is 0 Å². The molecule has 0 aliphatic rings. The summed E-state index contributed by atoms with van der Waals surface area (Å²) < 4.78 is 0. The van der Waals surface area contributed by atoms with Gasteiger partial charge in [-0.15, -0.1) is 0 Å². The molecule has 18 heavy (non-hydrogen) atoms. The number of carboxylic acid groups (broad SMARTS) is 2. The van der Waals surface area contributed by atoms with Crippen molar-refractivity contribution in [3.63, 3.8) is 0 Å². The third kappa shape index (κ3) is 7.87. The topological polar surface area (TPSA) is 80.3 Å². The molecule has 0 bridgehead atoms. The Labute approximate surface area is 116 Å². The summed E-state index contributed by atoms with van der Waals surface area (Å²) in [6.45, 7) is 3.96. The van der Waals surface area contributed by atoms with Crippen LogP contribution in [0.3, 0.4) is 0 Å². The second-order valence-electron chi connectivity index (χ2n) is 4.09. The van der Waals surface area contributed by atoms with Crippen molar-refractivity contribution in [2.24, 2.45) is 0 Å². The van der Waals surface area contributed by atoms with Crippen LogP contribution >= 0.6 is 21.6 Å². The van der Waals surface area contributed by atoms with Crippen LogP contribution in [0.1, 0.15) is 52.4 Å². The fraction of sp³-hybridized carbons (Fsp3) is 0.833. The van der Waals surface area contributed by atoms with Gasteiger partial charge in [0.15, 0.2) is 0 Å². The first-order valence-corrected chi connectivity index (χ1v) is 8.54. The van der Waals surface area contributed by atoms with Crippen molar-refractivity contribution in [3.05, 3.63) is 0 Å². The number of aliphatic carboxylic acids is 2. The minimum absolute atomic E-state index is 0.518. The zero-order valence-corrected chi connectivity index (χ0v) is 12.5. The monoisotopic (exact) mass is 292 g/mol. The molecule has 0 radical (unpaired) electrons. The first-order valence-electron chi connectivity index (χ1n) is 6.26. The summed E-state index contributed by atoms with van der Waals surface area (Å²) in [4.78, 5) is 21.8. The summed E-state index contributed by atoms with van der Waals surface area (Å²) in [6.07, 6.45) is 4.46. The van der Waals surface area contributed by atoms with Crippen LogP contribution < -0.4 is 10.2 Å². The quantitative estimate of drug-likeness (QED) is 0.528. The van der Waals surface area contributed by atoms with Crippen molar-refractivity contribution in [1.29, 1.82) is 0 Å². The lowest BCUT2D eigenvalue weighted by molar-refractivity contribution is -0.306. The normalized spacial score (nSPS) is 14.1. The maximum absolute atomic E-state index is 10.9. The van der Waals surface area contributed by atoms with E-state index in [-0.39, 0.29) is 0 Å². The maximum Gasteiger partial charge on any atom is 0.0553 e. The van der Waals surface area contributed by atoms with Gasteiger partial charge in [0.05, 0.1) is 22.4 Å². The largest absolute Gasteiger partial charge is 0.549 e. The maximum atomic E-state index is 10.9. The van der Waals surface area contributed by atoms with Crippen molar-refractivity contribution < 1.29 is 19.8 Å². The Morgan fingerprint density at radius 2 is 1.22 bits per heavy atom. The minimum Gasteiger partial charge on any atom is -0.549 e.